The summed E-state index contributed by atoms with van der Waals surface area (Å²) in [5.41, 5.74) is 3.75. The zero-order valence-electron chi connectivity index (χ0n) is 13.1. The highest BCUT2D eigenvalue weighted by atomic mass is 16.5. The lowest BCUT2D eigenvalue weighted by molar-refractivity contribution is -0.133. The molecule has 0 bridgehead atoms. The smallest absolute Gasteiger partial charge is 0.355 e. The Kier molecular flexibility index (Phi) is 4.99. The third-order valence-electron chi connectivity index (χ3n) is 3.48. The highest BCUT2D eigenvalue weighted by molar-refractivity contribution is 5.89. The van der Waals surface area contributed by atoms with Crippen LogP contribution in [0.3, 0.4) is 0 Å². The number of H-pyrrole nitrogens is 1. The van der Waals surface area contributed by atoms with Gasteiger partial charge in [-0.1, -0.05) is 23.8 Å². The van der Waals surface area contributed by atoms with Gasteiger partial charge < -0.3 is 14.6 Å². The van der Waals surface area contributed by atoms with E-state index in [1.165, 1.54) is 5.56 Å². The fourth-order valence-electron chi connectivity index (χ4n) is 2.14. The van der Waals surface area contributed by atoms with Crippen LogP contribution in [0, 0.1) is 13.8 Å². The number of aromatic amines is 1. The van der Waals surface area contributed by atoms with E-state index in [2.05, 4.69) is 11.1 Å². The third-order valence-corrected chi connectivity index (χ3v) is 3.48. The lowest BCUT2D eigenvalue weighted by Gasteiger charge is -2.18. The Morgan fingerprint density at radius 1 is 1.23 bits per heavy atom. The van der Waals surface area contributed by atoms with E-state index in [1.807, 2.05) is 26.0 Å². The van der Waals surface area contributed by atoms with Gasteiger partial charge in [-0.3, -0.25) is 4.79 Å². The first-order chi connectivity index (χ1) is 10.5. The first-order valence-electron chi connectivity index (χ1n) is 7.08. The number of nitrogens with one attached hydrogen (secondary N) is 1. The molecule has 2 aromatic rings. The molecular weight excluding hydrogens is 280 g/mol. The van der Waals surface area contributed by atoms with E-state index in [0.717, 1.165) is 11.1 Å². The molecular formula is C17H20N2O3. The maximum absolute atomic E-state index is 12.0. The van der Waals surface area contributed by atoms with Crippen LogP contribution in [0.4, 0.5) is 0 Å². The van der Waals surface area contributed by atoms with E-state index in [-0.39, 0.29) is 12.5 Å². The molecule has 0 aliphatic carbocycles. The molecule has 1 amide bonds. The molecule has 0 unspecified atom stereocenters. The number of hydrogen-bond acceptors (Lipinski definition) is 3. The summed E-state index contributed by atoms with van der Waals surface area (Å²) in [7, 11) is 1.70. The predicted octanol–water partition coefficient (Wildman–Crippen LogP) is 2.45. The number of ether oxygens (including phenoxy) is 1. The molecule has 22 heavy (non-hydrogen) atoms. The quantitative estimate of drug-likeness (QED) is 0.863. The van der Waals surface area contributed by atoms with Gasteiger partial charge in [-0.25, -0.2) is 4.79 Å². The van der Waals surface area contributed by atoms with Crippen LogP contribution in [0.15, 0.2) is 36.5 Å². The lowest BCUT2D eigenvalue weighted by Crippen LogP contribution is -2.31. The van der Waals surface area contributed by atoms with Gasteiger partial charge in [0, 0.05) is 19.8 Å². The molecule has 1 N–H and O–H groups in total. The number of esters is 1. The Hall–Kier alpha value is -2.56. The fraction of sp³-hybridized carbons (Fsp3) is 0.294. The van der Waals surface area contributed by atoms with E-state index < -0.39 is 5.97 Å². The molecule has 1 heterocycles. The van der Waals surface area contributed by atoms with Crippen molar-refractivity contribution in [3.63, 3.8) is 0 Å². The summed E-state index contributed by atoms with van der Waals surface area (Å²) in [5, 5.41) is 0. The lowest BCUT2D eigenvalue weighted by atomic mass is 10.1. The Morgan fingerprint density at radius 3 is 2.64 bits per heavy atom. The van der Waals surface area contributed by atoms with Crippen molar-refractivity contribution in [2.45, 2.75) is 20.4 Å². The summed E-state index contributed by atoms with van der Waals surface area (Å²) in [6.07, 6.45) is 1.63. The van der Waals surface area contributed by atoms with Crippen molar-refractivity contribution in [1.29, 1.82) is 0 Å². The summed E-state index contributed by atoms with van der Waals surface area (Å²) in [6, 6.07) is 9.42. The second-order valence-corrected chi connectivity index (χ2v) is 5.34. The Bertz CT molecular complexity index is 663. The van der Waals surface area contributed by atoms with Gasteiger partial charge in [0.15, 0.2) is 6.61 Å². The van der Waals surface area contributed by atoms with Crippen molar-refractivity contribution in [1.82, 2.24) is 9.88 Å². The van der Waals surface area contributed by atoms with Crippen LogP contribution in [0.25, 0.3) is 0 Å². The SMILES string of the molecule is Cc1ccc(CN(C)C(=O)COC(=O)c2ccc[nH]2)c(C)c1. The summed E-state index contributed by atoms with van der Waals surface area (Å²) in [4.78, 5) is 28.0. The topological polar surface area (TPSA) is 62.4 Å². The highest BCUT2D eigenvalue weighted by Crippen LogP contribution is 2.12. The van der Waals surface area contributed by atoms with Gasteiger partial charge in [-0.15, -0.1) is 0 Å². The Morgan fingerprint density at radius 2 is 2.00 bits per heavy atom. The van der Waals surface area contributed by atoms with Crippen LogP contribution in [-0.4, -0.2) is 35.4 Å². The van der Waals surface area contributed by atoms with Crippen LogP contribution >= 0.6 is 0 Å². The zero-order valence-corrected chi connectivity index (χ0v) is 13.1. The van der Waals surface area contributed by atoms with Crippen LogP contribution in [0.2, 0.25) is 0 Å². The molecule has 5 heteroatoms. The van der Waals surface area contributed by atoms with Crippen LogP contribution in [-0.2, 0) is 16.1 Å². The molecule has 0 spiro atoms. The molecule has 1 aromatic carbocycles. The molecule has 0 saturated carbocycles. The van der Waals surface area contributed by atoms with Crippen LogP contribution in [0.1, 0.15) is 27.2 Å². The highest BCUT2D eigenvalue weighted by Gasteiger charge is 2.14. The molecule has 0 aliphatic heterocycles. The number of carbonyl (C=O) groups excluding carboxylic acids is 2. The average molecular weight is 300 g/mol. The molecule has 5 nitrogen and oxygen atoms in total. The number of aromatic nitrogens is 1. The monoisotopic (exact) mass is 300 g/mol. The second kappa shape index (κ2) is 6.93. The molecule has 0 fully saturated rings. The minimum atomic E-state index is -0.529. The second-order valence-electron chi connectivity index (χ2n) is 5.34. The predicted molar refractivity (Wildman–Crippen MR) is 83.5 cm³/mol. The van der Waals surface area contributed by atoms with Crippen molar-refractivity contribution in [2.75, 3.05) is 13.7 Å². The fourth-order valence-corrected chi connectivity index (χ4v) is 2.14. The number of benzene rings is 1. The normalized spacial score (nSPS) is 10.3. The minimum absolute atomic E-state index is 0.236. The molecule has 0 saturated heterocycles. The van der Waals surface area contributed by atoms with E-state index in [9.17, 15) is 9.59 Å². The zero-order chi connectivity index (χ0) is 16.1. The Labute approximate surface area is 129 Å². The first kappa shape index (κ1) is 15.8. The van der Waals surface area contributed by atoms with Crippen molar-refractivity contribution in [2.24, 2.45) is 0 Å². The largest absolute Gasteiger partial charge is 0.451 e. The van der Waals surface area contributed by atoms with Gasteiger partial charge >= 0.3 is 5.97 Å². The van der Waals surface area contributed by atoms with Gasteiger partial charge in [0.05, 0.1) is 0 Å². The minimum Gasteiger partial charge on any atom is -0.451 e. The molecule has 2 rings (SSSR count). The third kappa shape index (κ3) is 3.97. The molecule has 0 aliphatic rings. The van der Waals surface area contributed by atoms with Gasteiger partial charge in [0.2, 0.25) is 0 Å². The van der Waals surface area contributed by atoms with Gasteiger partial charge in [-0.2, -0.15) is 0 Å². The van der Waals surface area contributed by atoms with Gasteiger partial charge in [0.25, 0.3) is 5.91 Å². The first-order valence-corrected chi connectivity index (χ1v) is 7.08. The summed E-state index contributed by atoms with van der Waals surface area (Å²) >= 11 is 0. The van der Waals surface area contributed by atoms with E-state index in [1.54, 1.807) is 30.3 Å². The number of rotatable bonds is 5. The van der Waals surface area contributed by atoms with Crippen molar-refractivity contribution >= 4 is 11.9 Å². The van der Waals surface area contributed by atoms with Gasteiger partial charge in [-0.05, 0) is 37.1 Å². The maximum Gasteiger partial charge on any atom is 0.355 e. The number of nitrogens with zero attached hydrogens (tertiary/aromatic N) is 1. The number of likely N-dealkylation sites (N-methyl/N-ethyl adjacent to an activating group) is 1. The molecule has 0 atom stereocenters. The van der Waals surface area contributed by atoms with E-state index in [4.69, 9.17) is 4.74 Å². The number of amides is 1. The number of carbonyl (C=O) groups is 2. The Balaban J connectivity index is 1.88. The summed E-state index contributed by atoms with van der Waals surface area (Å²) in [5.74, 6) is -0.766. The van der Waals surface area contributed by atoms with Gasteiger partial charge in [0.1, 0.15) is 5.69 Å². The average Bonchev–Trinajstić information content (AvgIpc) is 3.01. The van der Waals surface area contributed by atoms with E-state index >= 15 is 0 Å². The van der Waals surface area contributed by atoms with Crippen LogP contribution < -0.4 is 0 Å². The molecule has 1 aromatic heterocycles. The van der Waals surface area contributed by atoms with Crippen molar-refractivity contribution in [3.05, 3.63) is 58.9 Å². The van der Waals surface area contributed by atoms with E-state index in [0.29, 0.717) is 12.2 Å². The molecule has 0 radical (unpaired) electrons. The van der Waals surface area contributed by atoms with Crippen molar-refractivity contribution in [3.8, 4) is 0 Å². The summed E-state index contributed by atoms with van der Waals surface area (Å²) < 4.78 is 5.00. The summed E-state index contributed by atoms with van der Waals surface area (Å²) in [6.45, 7) is 4.28. The standard InChI is InChI=1S/C17H20N2O3/c1-12-6-7-14(13(2)9-12)10-19(3)16(20)11-22-17(21)15-5-4-8-18-15/h4-9,18H,10-11H2,1-3H3. The number of aryl methyl sites for hydroxylation is 2. The van der Waals surface area contributed by atoms with Crippen LogP contribution in [0.5, 0.6) is 0 Å². The van der Waals surface area contributed by atoms with Crippen molar-refractivity contribution < 1.29 is 14.3 Å². The molecule has 116 valence electrons. The number of hydrogen-bond donors (Lipinski definition) is 1. The maximum atomic E-state index is 12.0.